The van der Waals surface area contributed by atoms with Crippen molar-refractivity contribution in [2.24, 2.45) is 0 Å². The van der Waals surface area contributed by atoms with Crippen LogP contribution in [-0.4, -0.2) is 16.1 Å². The molecular weight excluding hydrogens is 273 g/mol. The van der Waals surface area contributed by atoms with E-state index in [1.165, 1.54) is 30.6 Å². The summed E-state index contributed by atoms with van der Waals surface area (Å²) in [5.74, 6) is -1.31. The number of hydrogen-bond donors (Lipinski definition) is 1. The van der Waals surface area contributed by atoms with E-state index in [1.54, 1.807) is 6.07 Å². The quantitative estimate of drug-likeness (QED) is 0.935. The van der Waals surface area contributed by atoms with E-state index in [0.29, 0.717) is 11.3 Å². The highest BCUT2D eigenvalue weighted by Crippen LogP contribution is 2.18. The number of ether oxygens (including phenoxy) is 1. The van der Waals surface area contributed by atoms with Gasteiger partial charge in [0.2, 0.25) is 0 Å². The molecule has 1 aromatic heterocycles. The molecule has 2 rings (SSSR count). The summed E-state index contributed by atoms with van der Waals surface area (Å²) in [5, 5.41) is 8.84. The van der Waals surface area contributed by atoms with Gasteiger partial charge in [0.15, 0.2) is 0 Å². The van der Waals surface area contributed by atoms with Gasteiger partial charge in [-0.3, -0.25) is 4.98 Å². The second-order valence-corrected chi connectivity index (χ2v) is 4.16. The molecule has 0 unspecified atom stereocenters. The summed E-state index contributed by atoms with van der Waals surface area (Å²) in [6.07, 6.45) is 2.61. The van der Waals surface area contributed by atoms with E-state index in [9.17, 15) is 9.18 Å². The van der Waals surface area contributed by atoms with Gasteiger partial charge in [-0.2, -0.15) is 0 Å². The Morgan fingerprint density at radius 3 is 2.84 bits per heavy atom. The maximum Gasteiger partial charge on any atom is 0.337 e. The lowest BCUT2D eigenvalue weighted by Crippen LogP contribution is -2.00. The van der Waals surface area contributed by atoms with E-state index >= 15 is 0 Å². The van der Waals surface area contributed by atoms with Crippen LogP contribution in [0.5, 0.6) is 5.75 Å². The average molecular weight is 282 g/mol. The van der Waals surface area contributed by atoms with Crippen molar-refractivity contribution in [3.63, 3.8) is 0 Å². The number of hydrogen-bond acceptors (Lipinski definition) is 3. The Bertz CT molecular complexity index is 619. The third-order valence-corrected chi connectivity index (χ3v) is 2.66. The summed E-state index contributed by atoms with van der Waals surface area (Å²) in [4.78, 5) is 14.5. The van der Waals surface area contributed by atoms with E-state index in [1.807, 2.05) is 0 Å². The molecule has 0 amide bonds. The Labute approximate surface area is 113 Å². The minimum atomic E-state index is -1.09. The van der Waals surface area contributed by atoms with Crippen LogP contribution in [0.1, 0.15) is 15.9 Å². The summed E-state index contributed by atoms with van der Waals surface area (Å²) in [5.41, 5.74) is 0.613. The highest BCUT2D eigenvalue weighted by atomic mass is 35.5. The number of nitrogens with zero attached hydrogens (tertiary/aromatic N) is 1. The van der Waals surface area contributed by atoms with Gasteiger partial charge in [-0.05, 0) is 23.8 Å². The monoisotopic (exact) mass is 281 g/mol. The lowest BCUT2D eigenvalue weighted by molar-refractivity contribution is 0.0696. The maximum atomic E-state index is 13.2. The van der Waals surface area contributed by atoms with Crippen molar-refractivity contribution in [3.8, 4) is 5.75 Å². The second-order valence-electron chi connectivity index (χ2n) is 3.75. The highest BCUT2D eigenvalue weighted by molar-refractivity contribution is 6.30. The van der Waals surface area contributed by atoms with E-state index in [0.717, 1.165) is 0 Å². The zero-order valence-corrected chi connectivity index (χ0v) is 10.4. The zero-order chi connectivity index (χ0) is 13.8. The normalized spacial score (nSPS) is 10.2. The Morgan fingerprint density at radius 2 is 2.16 bits per heavy atom. The van der Waals surface area contributed by atoms with Crippen molar-refractivity contribution >= 4 is 17.6 Å². The smallest absolute Gasteiger partial charge is 0.337 e. The lowest BCUT2D eigenvalue weighted by atomic mass is 10.2. The average Bonchev–Trinajstić information content (AvgIpc) is 2.40. The number of carbonyl (C=O) groups is 1. The van der Waals surface area contributed by atoms with Gasteiger partial charge >= 0.3 is 5.97 Å². The molecule has 4 nitrogen and oxygen atoms in total. The van der Waals surface area contributed by atoms with Crippen LogP contribution in [-0.2, 0) is 6.61 Å². The highest BCUT2D eigenvalue weighted by Gasteiger charge is 2.06. The largest absolute Gasteiger partial charge is 0.487 e. The molecule has 0 fully saturated rings. The fourth-order valence-electron chi connectivity index (χ4n) is 1.41. The third kappa shape index (κ3) is 3.42. The van der Waals surface area contributed by atoms with Crippen LogP contribution < -0.4 is 4.74 Å². The van der Waals surface area contributed by atoms with Gasteiger partial charge in [-0.1, -0.05) is 17.7 Å². The van der Waals surface area contributed by atoms with Crippen LogP contribution in [0.15, 0.2) is 36.7 Å². The standard InChI is InChI=1S/C13H9ClFNO3/c14-11-2-1-8(3-12(11)15)7-19-10-4-9(13(17)18)5-16-6-10/h1-6H,7H2,(H,17,18). The molecule has 2 aromatic rings. The Kier molecular flexibility index (Phi) is 3.97. The molecule has 6 heteroatoms. The molecule has 1 heterocycles. The van der Waals surface area contributed by atoms with Gasteiger partial charge < -0.3 is 9.84 Å². The van der Waals surface area contributed by atoms with E-state index in [-0.39, 0.29) is 17.2 Å². The molecule has 1 aromatic carbocycles. The predicted octanol–water partition coefficient (Wildman–Crippen LogP) is 3.15. The Morgan fingerprint density at radius 1 is 1.37 bits per heavy atom. The molecule has 0 atom stereocenters. The van der Waals surface area contributed by atoms with Crippen LogP contribution in [0, 0.1) is 5.82 Å². The van der Waals surface area contributed by atoms with E-state index < -0.39 is 11.8 Å². The molecule has 98 valence electrons. The second kappa shape index (κ2) is 5.67. The minimum absolute atomic E-state index is 0.0276. The third-order valence-electron chi connectivity index (χ3n) is 2.35. The summed E-state index contributed by atoms with van der Waals surface area (Å²) >= 11 is 5.56. The SMILES string of the molecule is O=C(O)c1cncc(OCc2ccc(Cl)c(F)c2)c1. The first-order valence-electron chi connectivity index (χ1n) is 5.31. The van der Waals surface area contributed by atoms with Gasteiger partial charge in [-0.15, -0.1) is 0 Å². The number of halogens is 2. The number of carboxylic acid groups (broad SMARTS) is 1. The fourth-order valence-corrected chi connectivity index (χ4v) is 1.53. The molecule has 0 bridgehead atoms. The van der Waals surface area contributed by atoms with Crippen molar-refractivity contribution in [2.75, 3.05) is 0 Å². The summed E-state index contributed by atoms with van der Waals surface area (Å²) in [7, 11) is 0. The number of aromatic carboxylic acids is 1. The molecule has 1 N–H and O–H groups in total. The summed E-state index contributed by atoms with van der Waals surface area (Å²) in [6, 6.07) is 5.67. The van der Waals surface area contributed by atoms with Gasteiger partial charge in [0.05, 0.1) is 16.8 Å². The molecule has 0 aliphatic rings. The molecular formula is C13H9ClFNO3. The summed E-state index contributed by atoms with van der Waals surface area (Å²) < 4.78 is 18.5. The van der Waals surface area contributed by atoms with E-state index in [4.69, 9.17) is 21.4 Å². The van der Waals surface area contributed by atoms with E-state index in [2.05, 4.69) is 4.98 Å². The van der Waals surface area contributed by atoms with Crippen molar-refractivity contribution in [3.05, 3.63) is 58.6 Å². The van der Waals surface area contributed by atoms with Crippen molar-refractivity contribution in [2.45, 2.75) is 6.61 Å². The molecule has 0 saturated heterocycles. The maximum absolute atomic E-state index is 13.2. The Balaban J connectivity index is 2.07. The molecule has 0 radical (unpaired) electrons. The fraction of sp³-hybridized carbons (Fsp3) is 0.0769. The number of carboxylic acids is 1. The Hall–Kier alpha value is -2.14. The number of benzene rings is 1. The first-order valence-corrected chi connectivity index (χ1v) is 5.69. The molecule has 19 heavy (non-hydrogen) atoms. The number of pyridine rings is 1. The van der Waals surface area contributed by atoms with Gasteiger partial charge in [-0.25, -0.2) is 9.18 Å². The molecule has 0 aliphatic heterocycles. The van der Waals surface area contributed by atoms with Crippen molar-refractivity contribution in [1.29, 1.82) is 0 Å². The zero-order valence-electron chi connectivity index (χ0n) is 9.64. The number of rotatable bonds is 4. The van der Waals surface area contributed by atoms with Gasteiger partial charge in [0, 0.05) is 6.20 Å². The van der Waals surface area contributed by atoms with Crippen LogP contribution in [0.4, 0.5) is 4.39 Å². The van der Waals surface area contributed by atoms with Crippen LogP contribution in [0.25, 0.3) is 0 Å². The van der Waals surface area contributed by atoms with Gasteiger partial charge in [0.1, 0.15) is 18.2 Å². The van der Waals surface area contributed by atoms with Crippen molar-refractivity contribution in [1.82, 2.24) is 4.98 Å². The first-order chi connectivity index (χ1) is 9.06. The topological polar surface area (TPSA) is 59.4 Å². The predicted molar refractivity (Wildman–Crippen MR) is 66.9 cm³/mol. The van der Waals surface area contributed by atoms with Gasteiger partial charge in [0.25, 0.3) is 0 Å². The summed E-state index contributed by atoms with van der Waals surface area (Å²) in [6.45, 7) is 0.0961. The van der Waals surface area contributed by atoms with Crippen molar-refractivity contribution < 1.29 is 19.0 Å². The first kappa shape index (κ1) is 13.3. The van der Waals surface area contributed by atoms with Crippen LogP contribution in [0.3, 0.4) is 0 Å². The van der Waals surface area contributed by atoms with Crippen LogP contribution in [0.2, 0.25) is 5.02 Å². The van der Waals surface area contributed by atoms with Crippen LogP contribution >= 0.6 is 11.6 Å². The molecule has 0 saturated carbocycles. The minimum Gasteiger partial charge on any atom is -0.487 e. The molecule has 0 spiro atoms. The lowest BCUT2D eigenvalue weighted by Gasteiger charge is -2.07. The number of aromatic nitrogens is 1. The molecule has 0 aliphatic carbocycles.